The van der Waals surface area contributed by atoms with E-state index in [1.807, 2.05) is 0 Å². The van der Waals surface area contributed by atoms with Crippen molar-refractivity contribution in [3.05, 3.63) is 0 Å². The van der Waals surface area contributed by atoms with E-state index >= 15 is 0 Å². The summed E-state index contributed by atoms with van der Waals surface area (Å²) in [5.41, 5.74) is 0. The summed E-state index contributed by atoms with van der Waals surface area (Å²) in [6.07, 6.45) is 0. The van der Waals surface area contributed by atoms with Gasteiger partial charge >= 0.3 is 105 Å². The van der Waals surface area contributed by atoms with Crippen molar-refractivity contribution < 1.29 is 23.2 Å². The maximum absolute atomic E-state index is 8.74. The minimum absolute atomic E-state index is 0. The van der Waals surface area contributed by atoms with Crippen molar-refractivity contribution in [1.82, 2.24) is 0 Å². The topological polar surface area (TPSA) is 74.6 Å². The molecule has 0 fully saturated rings. The largest absolute Gasteiger partial charge is 2.00 e. The minimum atomic E-state index is -4.67. The zero-order chi connectivity index (χ0) is 4.50. The van der Waals surface area contributed by atoms with E-state index in [2.05, 4.69) is 0 Å². The average Bonchev–Trinajstić information content (AvgIpc) is 0.722. The third kappa shape index (κ3) is 50.1. The van der Waals surface area contributed by atoms with Crippen molar-refractivity contribution in [2.45, 2.75) is 0 Å². The van der Waals surface area contributed by atoms with Crippen molar-refractivity contribution in [3.8, 4) is 0 Å². The van der Waals surface area contributed by atoms with Gasteiger partial charge in [-0.25, -0.2) is 0 Å². The molecule has 0 rings (SSSR count). The molecule has 7 heteroatoms. The van der Waals surface area contributed by atoms with Gasteiger partial charge in [-0.15, -0.1) is 0 Å². The Hall–Kier alpha value is 2.92. The first-order valence-corrected chi connectivity index (χ1v) is 2.10. The molecule has 0 saturated carbocycles. The van der Waals surface area contributed by atoms with Crippen LogP contribution < -0.4 is 0 Å². The van der Waals surface area contributed by atoms with E-state index in [1.54, 1.807) is 0 Å². The third-order valence-electron chi connectivity index (χ3n) is 0. The first-order valence-electron chi connectivity index (χ1n) is 0.698. The van der Waals surface area contributed by atoms with Gasteiger partial charge in [0.1, 0.15) is 0 Å². The molecule has 0 aromatic rings. The molecule has 7 heavy (non-hydrogen) atoms. The van der Waals surface area contributed by atoms with Crippen LogP contribution in [0.15, 0.2) is 0 Å². The predicted molar refractivity (Wildman–Crippen MR) is 30.1 cm³/mol. The molecule has 0 unspecified atom stereocenters. The van der Waals surface area contributed by atoms with Crippen LogP contribution in [-0.4, -0.2) is 112 Å². The zero-order valence-electron chi connectivity index (χ0n) is 7.53. The Morgan fingerprint density at radius 1 is 1.29 bits per heavy atom. The van der Waals surface area contributed by atoms with E-state index in [9.17, 15) is 0 Å². The molecule has 0 amide bonds. The monoisotopic (exact) mass is 328 g/mol. The van der Waals surface area contributed by atoms with Gasteiger partial charge in [0.15, 0.2) is 0 Å². The van der Waals surface area contributed by atoms with Gasteiger partial charge in [0.2, 0.25) is 0 Å². The SMILES string of the molecule is O=S(=O)(O)O.[Ba+2].[H-].[H-].[H-].[H-].[Sr+2]. The van der Waals surface area contributed by atoms with Crippen LogP contribution in [0.3, 0.4) is 0 Å². The molecule has 0 saturated heterocycles. The molecule has 0 spiro atoms. The summed E-state index contributed by atoms with van der Waals surface area (Å²) >= 11 is 0. The smallest absolute Gasteiger partial charge is 1.00 e. The second kappa shape index (κ2) is 7.03. The maximum atomic E-state index is 8.74. The van der Waals surface area contributed by atoms with E-state index in [0.29, 0.717) is 0 Å². The van der Waals surface area contributed by atoms with Crippen LogP contribution in [0.1, 0.15) is 5.71 Å². The summed E-state index contributed by atoms with van der Waals surface area (Å²) in [5.74, 6) is 0. The van der Waals surface area contributed by atoms with Crippen LogP contribution in [0, 0.1) is 0 Å². The summed E-state index contributed by atoms with van der Waals surface area (Å²) < 4.78 is 31.6. The fraction of sp³-hybridized carbons (Fsp3) is 0. The van der Waals surface area contributed by atoms with Crippen molar-refractivity contribution in [3.63, 3.8) is 0 Å². The van der Waals surface area contributed by atoms with Crippen molar-refractivity contribution in [2.24, 2.45) is 0 Å². The molecule has 0 aromatic heterocycles. The molecule has 4 nitrogen and oxygen atoms in total. The Bertz CT molecular complexity index is 105. The number of hydrogen-bond acceptors (Lipinski definition) is 2. The van der Waals surface area contributed by atoms with Crippen molar-refractivity contribution >= 4 is 105 Å². The second-order valence-electron chi connectivity index (χ2n) is 0.448. The fourth-order valence-electron chi connectivity index (χ4n) is 0. The van der Waals surface area contributed by atoms with E-state index in [4.69, 9.17) is 17.5 Å². The van der Waals surface area contributed by atoms with Gasteiger partial charge in [0.25, 0.3) is 0 Å². The van der Waals surface area contributed by atoms with Crippen LogP contribution in [0.25, 0.3) is 0 Å². The first kappa shape index (κ1) is 16.5. The number of hydrogen-bond donors (Lipinski definition) is 2. The Balaban J connectivity index is -0.00000000533. The van der Waals surface area contributed by atoms with E-state index in [1.165, 1.54) is 0 Å². The molecule has 2 N–H and O–H groups in total. The van der Waals surface area contributed by atoms with Crippen LogP contribution in [0.4, 0.5) is 0 Å². The summed E-state index contributed by atoms with van der Waals surface area (Å²) in [4.78, 5) is 0. The van der Waals surface area contributed by atoms with Crippen LogP contribution in [0.5, 0.6) is 0 Å². The fourth-order valence-corrected chi connectivity index (χ4v) is 0. The molecule has 0 aliphatic rings. The Labute approximate surface area is 125 Å². The summed E-state index contributed by atoms with van der Waals surface area (Å²) in [7, 11) is -4.67. The van der Waals surface area contributed by atoms with Gasteiger partial charge in [-0.05, 0) is 0 Å². The van der Waals surface area contributed by atoms with Crippen molar-refractivity contribution in [2.75, 3.05) is 0 Å². The molecule has 0 aromatic carbocycles. The maximum Gasteiger partial charge on any atom is 2.00 e. The third-order valence-corrected chi connectivity index (χ3v) is 0. The van der Waals surface area contributed by atoms with Crippen LogP contribution in [0.2, 0.25) is 0 Å². The van der Waals surface area contributed by atoms with Gasteiger partial charge in [0.05, 0.1) is 0 Å². The molecule has 0 atom stereocenters. The molecule has 0 bridgehead atoms. The Morgan fingerprint density at radius 2 is 1.29 bits per heavy atom. The summed E-state index contributed by atoms with van der Waals surface area (Å²) in [5, 5.41) is 0. The molecule has 0 aliphatic carbocycles. The minimum Gasteiger partial charge on any atom is -1.00 e. The molecule has 0 aliphatic heterocycles. The predicted octanol–water partition coefficient (Wildman–Crippen LogP) is -0.964. The Morgan fingerprint density at radius 3 is 1.29 bits per heavy atom. The van der Waals surface area contributed by atoms with Gasteiger partial charge in [-0.2, -0.15) is 8.42 Å². The average molecular weight is 327 g/mol. The van der Waals surface area contributed by atoms with Gasteiger partial charge in [0, 0.05) is 0 Å². The zero-order valence-corrected chi connectivity index (χ0v) is 12.3. The van der Waals surface area contributed by atoms with E-state index in [-0.39, 0.29) is 100 Å². The Kier molecular flexibility index (Phi) is 16.6. The van der Waals surface area contributed by atoms with E-state index in [0.717, 1.165) is 0 Å². The quantitative estimate of drug-likeness (QED) is 0.444. The van der Waals surface area contributed by atoms with Crippen LogP contribution in [-0.2, 0) is 10.4 Å². The van der Waals surface area contributed by atoms with E-state index < -0.39 is 10.4 Å². The van der Waals surface area contributed by atoms with Gasteiger partial charge in [-0.3, -0.25) is 9.11 Å². The molecular weight excluding hydrogens is 321 g/mol. The number of rotatable bonds is 0. The normalized spacial score (nSPS) is 8.29. The van der Waals surface area contributed by atoms with Crippen molar-refractivity contribution in [1.29, 1.82) is 0 Å². The second-order valence-corrected chi connectivity index (χ2v) is 1.34. The first-order chi connectivity index (χ1) is 2.00. The summed E-state index contributed by atoms with van der Waals surface area (Å²) in [6, 6.07) is 0. The summed E-state index contributed by atoms with van der Waals surface area (Å²) in [6.45, 7) is 0. The molecular formula is H6BaO4SSr. The molecule has 0 radical (unpaired) electrons. The van der Waals surface area contributed by atoms with Crippen LogP contribution >= 0.6 is 0 Å². The van der Waals surface area contributed by atoms with Gasteiger partial charge in [-0.1, -0.05) is 0 Å². The van der Waals surface area contributed by atoms with Gasteiger partial charge < -0.3 is 5.71 Å². The molecule has 40 valence electrons. The standard InChI is InChI=1S/Ba.H2O4S.Sr.4H/c;1-5(2,3)4;;;;;/h;(H2,1,2,3,4);;;;;/q+2;;+2;4*-1. The molecule has 0 heterocycles.